The molecule has 0 spiro atoms. The van der Waals surface area contributed by atoms with Crippen molar-refractivity contribution in [3.05, 3.63) is 84.4 Å². The lowest BCUT2D eigenvalue weighted by molar-refractivity contribution is -0.136. The van der Waals surface area contributed by atoms with Crippen LogP contribution in [0.5, 0.6) is 5.75 Å². The number of methoxy groups -OCH3 is 1. The van der Waals surface area contributed by atoms with E-state index in [4.69, 9.17) is 4.74 Å². The number of rotatable bonds is 6. The van der Waals surface area contributed by atoms with Gasteiger partial charge in [0, 0.05) is 12.2 Å². The SMILES string of the molecule is COc1ccc(CNC(=O)C(=O)Nc2ccc(N=Nc3ccccc3)cc2)cc1. The van der Waals surface area contributed by atoms with Gasteiger partial charge in [0.05, 0.1) is 18.5 Å². The molecule has 0 fully saturated rings. The maximum absolute atomic E-state index is 12.0. The Labute approximate surface area is 168 Å². The molecule has 2 N–H and O–H groups in total. The van der Waals surface area contributed by atoms with Crippen LogP contribution in [0.25, 0.3) is 0 Å². The Morgan fingerprint density at radius 1 is 0.793 bits per heavy atom. The molecule has 0 aliphatic carbocycles. The smallest absolute Gasteiger partial charge is 0.313 e. The summed E-state index contributed by atoms with van der Waals surface area (Å²) < 4.78 is 5.08. The van der Waals surface area contributed by atoms with Crippen LogP contribution in [0.2, 0.25) is 0 Å². The Bertz CT molecular complexity index is 985. The fourth-order valence-electron chi connectivity index (χ4n) is 2.42. The van der Waals surface area contributed by atoms with Crippen LogP contribution in [0.15, 0.2) is 89.1 Å². The molecule has 146 valence electrons. The minimum atomic E-state index is -0.739. The summed E-state index contributed by atoms with van der Waals surface area (Å²) in [6.45, 7) is 0.245. The first-order valence-corrected chi connectivity index (χ1v) is 8.93. The third-order valence-electron chi connectivity index (χ3n) is 3.98. The first-order valence-electron chi connectivity index (χ1n) is 8.93. The second kappa shape index (κ2) is 9.80. The summed E-state index contributed by atoms with van der Waals surface area (Å²) in [6.07, 6.45) is 0. The van der Waals surface area contributed by atoms with Crippen LogP contribution in [0.4, 0.5) is 17.1 Å². The van der Waals surface area contributed by atoms with E-state index in [1.165, 1.54) is 0 Å². The molecular weight excluding hydrogens is 368 g/mol. The molecule has 3 aromatic rings. The molecule has 0 atom stereocenters. The van der Waals surface area contributed by atoms with E-state index in [1.54, 1.807) is 43.5 Å². The van der Waals surface area contributed by atoms with Crippen molar-refractivity contribution in [1.29, 1.82) is 0 Å². The van der Waals surface area contributed by atoms with Crippen LogP contribution >= 0.6 is 0 Å². The summed E-state index contributed by atoms with van der Waals surface area (Å²) in [5, 5.41) is 13.4. The molecule has 0 heterocycles. The van der Waals surface area contributed by atoms with Gasteiger partial charge in [-0.15, -0.1) is 0 Å². The van der Waals surface area contributed by atoms with Crippen molar-refractivity contribution in [3.63, 3.8) is 0 Å². The van der Waals surface area contributed by atoms with Gasteiger partial charge in [0.2, 0.25) is 0 Å². The van der Waals surface area contributed by atoms with E-state index < -0.39 is 11.8 Å². The van der Waals surface area contributed by atoms with Crippen molar-refractivity contribution in [2.45, 2.75) is 6.54 Å². The van der Waals surface area contributed by atoms with Gasteiger partial charge < -0.3 is 15.4 Å². The third-order valence-corrected chi connectivity index (χ3v) is 3.98. The van der Waals surface area contributed by atoms with Gasteiger partial charge in [-0.3, -0.25) is 9.59 Å². The van der Waals surface area contributed by atoms with Crippen LogP contribution in [-0.2, 0) is 16.1 Å². The van der Waals surface area contributed by atoms with Gasteiger partial charge in [0.1, 0.15) is 5.75 Å². The van der Waals surface area contributed by atoms with E-state index in [2.05, 4.69) is 20.9 Å². The molecule has 0 radical (unpaired) electrons. The number of hydrogen-bond donors (Lipinski definition) is 2. The lowest BCUT2D eigenvalue weighted by atomic mass is 10.2. The maximum atomic E-state index is 12.0. The molecule has 3 aromatic carbocycles. The number of hydrogen-bond acceptors (Lipinski definition) is 5. The van der Waals surface area contributed by atoms with Crippen molar-refractivity contribution in [1.82, 2.24) is 5.32 Å². The van der Waals surface area contributed by atoms with Gasteiger partial charge in [0.15, 0.2) is 0 Å². The normalized spacial score (nSPS) is 10.5. The number of carbonyl (C=O) groups is 2. The molecule has 0 aliphatic heterocycles. The van der Waals surface area contributed by atoms with Crippen molar-refractivity contribution in [3.8, 4) is 5.75 Å². The average molecular weight is 388 g/mol. The maximum Gasteiger partial charge on any atom is 0.313 e. The highest BCUT2D eigenvalue weighted by atomic mass is 16.5. The minimum absolute atomic E-state index is 0.245. The number of ether oxygens (including phenoxy) is 1. The highest BCUT2D eigenvalue weighted by molar-refractivity contribution is 6.39. The fraction of sp³-hybridized carbons (Fsp3) is 0.0909. The largest absolute Gasteiger partial charge is 0.497 e. The lowest BCUT2D eigenvalue weighted by Crippen LogP contribution is -2.34. The van der Waals surface area contributed by atoms with E-state index in [9.17, 15) is 9.59 Å². The fourth-order valence-corrected chi connectivity index (χ4v) is 2.42. The zero-order chi connectivity index (χ0) is 20.5. The van der Waals surface area contributed by atoms with Gasteiger partial charge >= 0.3 is 11.8 Å². The molecule has 0 saturated carbocycles. The van der Waals surface area contributed by atoms with Crippen molar-refractivity contribution < 1.29 is 14.3 Å². The number of nitrogens with one attached hydrogen (secondary N) is 2. The summed E-state index contributed by atoms with van der Waals surface area (Å²) in [5.41, 5.74) is 2.74. The molecule has 2 amide bonds. The zero-order valence-electron chi connectivity index (χ0n) is 15.8. The minimum Gasteiger partial charge on any atom is -0.497 e. The predicted molar refractivity (Wildman–Crippen MR) is 111 cm³/mol. The van der Waals surface area contributed by atoms with E-state index >= 15 is 0 Å². The second-order valence-electron chi connectivity index (χ2n) is 6.07. The number of nitrogens with zero attached hydrogens (tertiary/aromatic N) is 2. The summed E-state index contributed by atoms with van der Waals surface area (Å²) in [6, 6.07) is 23.3. The first-order chi connectivity index (χ1) is 14.1. The lowest BCUT2D eigenvalue weighted by Gasteiger charge is -2.07. The molecular formula is C22H20N4O3. The molecule has 7 heteroatoms. The first kappa shape index (κ1) is 19.8. The Balaban J connectivity index is 1.50. The standard InChI is InChI=1S/C22H20N4O3/c1-29-20-13-7-16(8-14-20)15-23-21(27)22(28)24-17-9-11-19(12-10-17)26-25-18-5-3-2-4-6-18/h2-14H,15H2,1H3,(H,23,27)(H,24,28). The highest BCUT2D eigenvalue weighted by Crippen LogP contribution is 2.20. The van der Waals surface area contributed by atoms with E-state index in [-0.39, 0.29) is 6.54 Å². The Morgan fingerprint density at radius 3 is 2.03 bits per heavy atom. The number of amides is 2. The zero-order valence-corrected chi connectivity index (χ0v) is 15.8. The van der Waals surface area contributed by atoms with Crippen LogP contribution in [0, 0.1) is 0 Å². The van der Waals surface area contributed by atoms with Crippen LogP contribution < -0.4 is 15.4 Å². The van der Waals surface area contributed by atoms with Crippen molar-refractivity contribution >= 4 is 28.9 Å². The molecule has 29 heavy (non-hydrogen) atoms. The van der Waals surface area contributed by atoms with Crippen molar-refractivity contribution in [2.75, 3.05) is 12.4 Å². The molecule has 3 rings (SSSR count). The van der Waals surface area contributed by atoms with E-state index in [0.29, 0.717) is 11.4 Å². The summed E-state index contributed by atoms with van der Waals surface area (Å²) in [4.78, 5) is 24.0. The molecule has 0 aromatic heterocycles. The number of carbonyl (C=O) groups excluding carboxylic acids is 2. The summed E-state index contributed by atoms with van der Waals surface area (Å²) in [5.74, 6) is -0.726. The quantitative estimate of drug-likeness (QED) is 0.485. The molecule has 0 unspecified atom stereocenters. The third kappa shape index (κ3) is 6.00. The predicted octanol–water partition coefficient (Wildman–Crippen LogP) is 4.37. The van der Waals surface area contributed by atoms with Crippen LogP contribution in [0.1, 0.15) is 5.56 Å². The monoisotopic (exact) mass is 388 g/mol. The highest BCUT2D eigenvalue weighted by Gasteiger charge is 2.13. The second-order valence-corrected chi connectivity index (χ2v) is 6.07. The van der Waals surface area contributed by atoms with Gasteiger partial charge in [0.25, 0.3) is 0 Å². The molecule has 7 nitrogen and oxygen atoms in total. The topological polar surface area (TPSA) is 92.1 Å². The van der Waals surface area contributed by atoms with Crippen LogP contribution in [-0.4, -0.2) is 18.9 Å². The van der Waals surface area contributed by atoms with Gasteiger partial charge in [-0.05, 0) is 54.1 Å². The van der Waals surface area contributed by atoms with Crippen molar-refractivity contribution in [2.24, 2.45) is 10.2 Å². The van der Waals surface area contributed by atoms with E-state index in [0.717, 1.165) is 17.0 Å². The van der Waals surface area contributed by atoms with Gasteiger partial charge in [-0.2, -0.15) is 10.2 Å². The number of anilines is 1. The molecule has 0 saturated heterocycles. The van der Waals surface area contributed by atoms with Crippen LogP contribution in [0.3, 0.4) is 0 Å². The number of azo groups is 1. The average Bonchev–Trinajstić information content (AvgIpc) is 2.78. The Hall–Kier alpha value is -4.00. The molecule has 0 bridgehead atoms. The molecule has 0 aliphatic rings. The summed E-state index contributed by atoms with van der Waals surface area (Å²) >= 11 is 0. The van der Waals surface area contributed by atoms with E-state index in [1.807, 2.05) is 42.5 Å². The van der Waals surface area contributed by atoms with Gasteiger partial charge in [-0.25, -0.2) is 0 Å². The number of benzene rings is 3. The van der Waals surface area contributed by atoms with Gasteiger partial charge in [-0.1, -0.05) is 30.3 Å². The Kier molecular flexibility index (Phi) is 6.67. The Morgan fingerprint density at radius 2 is 1.41 bits per heavy atom. The summed E-state index contributed by atoms with van der Waals surface area (Å²) in [7, 11) is 1.58.